The van der Waals surface area contributed by atoms with Gasteiger partial charge in [-0.05, 0) is 25.0 Å². The summed E-state index contributed by atoms with van der Waals surface area (Å²) in [6.45, 7) is 2.98. The highest BCUT2D eigenvalue weighted by atomic mass is 16.4. The van der Waals surface area contributed by atoms with Crippen LogP contribution in [-0.4, -0.2) is 46.3 Å². The third-order valence-electron chi connectivity index (χ3n) is 3.47. The van der Waals surface area contributed by atoms with Crippen LogP contribution in [0.3, 0.4) is 0 Å². The lowest BCUT2D eigenvalue weighted by Gasteiger charge is -2.17. The van der Waals surface area contributed by atoms with Gasteiger partial charge in [0, 0.05) is 0 Å². The van der Waals surface area contributed by atoms with Crippen molar-refractivity contribution in [3.63, 3.8) is 0 Å². The summed E-state index contributed by atoms with van der Waals surface area (Å²) in [6.07, 6.45) is 2.16. The molecule has 120 valence electrons. The molecule has 0 spiro atoms. The molecular weight excluding hydrogens is 300 g/mol. The number of imide groups is 1. The molecule has 0 aliphatic carbocycles. The fourth-order valence-electron chi connectivity index (χ4n) is 2.31. The predicted molar refractivity (Wildman–Crippen MR) is 80.8 cm³/mol. The number of fused-ring (bicyclic) bond motifs is 1. The van der Waals surface area contributed by atoms with Crippen molar-refractivity contribution in [1.82, 2.24) is 10.2 Å². The number of amides is 3. The van der Waals surface area contributed by atoms with Crippen LogP contribution in [0.4, 0.5) is 0 Å². The van der Waals surface area contributed by atoms with Gasteiger partial charge in [-0.25, -0.2) is 4.79 Å². The Morgan fingerprint density at radius 3 is 2.26 bits per heavy atom. The smallest absolute Gasteiger partial charge is 0.326 e. The van der Waals surface area contributed by atoms with E-state index < -0.39 is 36.3 Å². The maximum atomic E-state index is 12.1. The van der Waals surface area contributed by atoms with E-state index in [1.165, 1.54) is 12.1 Å². The van der Waals surface area contributed by atoms with E-state index in [0.29, 0.717) is 6.42 Å². The van der Waals surface area contributed by atoms with Crippen LogP contribution in [0.25, 0.3) is 0 Å². The topological polar surface area (TPSA) is 104 Å². The molecule has 7 heteroatoms. The summed E-state index contributed by atoms with van der Waals surface area (Å²) in [5.41, 5.74) is 0.485. The first-order valence-corrected chi connectivity index (χ1v) is 7.04. The molecule has 23 heavy (non-hydrogen) atoms. The summed E-state index contributed by atoms with van der Waals surface area (Å²) in [5, 5.41) is 11.4. The Morgan fingerprint density at radius 1 is 1.22 bits per heavy atom. The Bertz CT molecular complexity index is 648. The molecule has 0 aromatic heterocycles. The van der Waals surface area contributed by atoms with Crippen LogP contribution in [0, 0.1) is 0 Å². The lowest BCUT2D eigenvalue weighted by molar-refractivity contribution is -0.142. The number of rotatable bonds is 7. The van der Waals surface area contributed by atoms with Crippen LogP contribution in [-0.2, 0) is 9.59 Å². The molecule has 1 aromatic carbocycles. The minimum Gasteiger partial charge on any atom is -0.480 e. The highest BCUT2D eigenvalue weighted by molar-refractivity contribution is 6.22. The van der Waals surface area contributed by atoms with Crippen molar-refractivity contribution >= 4 is 23.7 Å². The molecule has 0 radical (unpaired) electrons. The molecule has 1 atom stereocenters. The summed E-state index contributed by atoms with van der Waals surface area (Å²) < 4.78 is 0. The first-order valence-electron chi connectivity index (χ1n) is 7.04. The molecule has 0 bridgehead atoms. The van der Waals surface area contributed by atoms with Crippen LogP contribution in [0.2, 0.25) is 0 Å². The van der Waals surface area contributed by atoms with Crippen molar-refractivity contribution < 1.29 is 24.3 Å². The third-order valence-corrected chi connectivity index (χ3v) is 3.47. The fourth-order valence-corrected chi connectivity index (χ4v) is 2.31. The van der Waals surface area contributed by atoms with Crippen molar-refractivity contribution in [2.75, 3.05) is 6.54 Å². The maximum Gasteiger partial charge on any atom is 0.326 e. The monoisotopic (exact) mass is 316 g/mol. The Morgan fingerprint density at radius 2 is 1.78 bits per heavy atom. The van der Waals surface area contributed by atoms with Crippen molar-refractivity contribution in [1.29, 1.82) is 0 Å². The minimum absolute atomic E-state index is 0.187. The second-order valence-electron chi connectivity index (χ2n) is 5.07. The normalized spacial score (nSPS) is 14.3. The van der Waals surface area contributed by atoms with Gasteiger partial charge in [0.1, 0.15) is 12.6 Å². The fraction of sp³-hybridized carbons (Fsp3) is 0.250. The average Bonchev–Trinajstić information content (AvgIpc) is 2.76. The van der Waals surface area contributed by atoms with Gasteiger partial charge in [-0.1, -0.05) is 18.2 Å². The molecule has 2 rings (SSSR count). The number of allylic oxidation sites excluding steroid dienone is 1. The van der Waals surface area contributed by atoms with Gasteiger partial charge in [0.15, 0.2) is 0 Å². The number of aliphatic carboxylic acids is 1. The maximum absolute atomic E-state index is 12.1. The second kappa shape index (κ2) is 6.87. The average molecular weight is 316 g/mol. The van der Waals surface area contributed by atoms with Crippen LogP contribution in [0.15, 0.2) is 36.9 Å². The molecule has 2 N–H and O–H groups in total. The number of carbonyl (C=O) groups is 4. The van der Waals surface area contributed by atoms with Crippen molar-refractivity contribution in [2.45, 2.75) is 18.9 Å². The lowest BCUT2D eigenvalue weighted by Crippen LogP contribution is -2.46. The predicted octanol–water partition coefficient (Wildman–Crippen LogP) is 0.818. The van der Waals surface area contributed by atoms with Gasteiger partial charge >= 0.3 is 5.97 Å². The quantitative estimate of drug-likeness (QED) is 0.572. The summed E-state index contributed by atoms with van der Waals surface area (Å²) in [7, 11) is 0. The van der Waals surface area contributed by atoms with Gasteiger partial charge in [-0.2, -0.15) is 0 Å². The third kappa shape index (κ3) is 3.45. The zero-order valence-electron chi connectivity index (χ0n) is 12.3. The highest BCUT2D eigenvalue weighted by Gasteiger charge is 2.36. The Labute approximate surface area is 132 Å². The van der Waals surface area contributed by atoms with E-state index in [1.54, 1.807) is 18.2 Å². The van der Waals surface area contributed by atoms with Crippen LogP contribution < -0.4 is 5.32 Å². The van der Waals surface area contributed by atoms with Gasteiger partial charge in [0.2, 0.25) is 5.91 Å². The van der Waals surface area contributed by atoms with Gasteiger partial charge in [0.05, 0.1) is 11.1 Å². The van der Waals surface area contributed by atoms with E-state index in [0.717, 1.165) is 4.90 Å². The van der Waals surface area contributed by atoms with Crippen LogP contribution >= 0.6 is 0 Å². The number of nitrogens with zero attached hydrogens (tertiary/aromatic N) is 1. The molecule has 1 unspecified atom stereocenters. The highest BCUT2D eigenvalue weighted by Crippen LogP contribution is 2.21. The largest absolute Gasteiger partial charge is 0.480 e. The van der Waals surface area contributed by atoms with E-state index in [4.69, 9.17) is 5.11 Å². The number of carboxylic acid groups (broad SMARTS) is 1. The Hall–Kier alpha value is -2.96. The number of benzene rings is 1. The molecule has 3 amide bonds. The molecule has 0 saturated carbocycles. The summed E-state index contributed by atoms with van der Waals surface area (Å²) in [6, 6.07) is 5.19. The van der Waals surface area contributed by atoms with E-state index in [9.17, 15) is 19.2 Å². The molecule has 7 nitrogen and oxygen atoms in total. The zero-order chi connectivity index (χ0) is 17.0. The number of nitrogens with one attached hydrogen (secondary N) is 1. The molecule has 1 aromatic rings. The summed E-state index contributed by atoms with van der Waals surface area (Å²) in [5.74, 6) is -2.99. The first-order chi connectivity index (χ1) is 11.0. The Kier molecular flexibility index (Phi) is 4.90. The van der Waals surface area contributed by atoms with E-state index in [1.807, 2.05) is 0 Å². The molecule has 0 saturated heterocycles. The second-order valence-corrected chi connectivity index (χ2v) is 5.07. The number of hydrogen-bond donors (Lipinski definition) is 2. The van der Waals surface area contributed by atoms with Crippen molar-refractivity contribution in [2.24, 2.45) is 0 Å². The van der Waals surface area contributed by atoms with Gasteiger partial charge in [0.25, 0.3) is 11.8 Å². The minimum atomic E-state index is -1.18. The molecule has 1 aliphatic heterocycles. The summed E-state index contributed by atoms with van der Waals surface area (Å²) >= 11 is 0. The number of carbonyl (C=O) groups excluding carboxylic acids is 3. The van der Waals surface area contributed by atoms with Crippen molar-refractivity contribution in [3.05, 3.63) is 48.0 Å². The molecule has 1 aliphatic rings. The van der Waals surface area contributed by atoms with Gasteiger partial charge in [-0.3, -0.25) is 19.3 Å². The molecule has 1 heterocycles. The lowest BCUT2D eigenvalue weighted by atomic mass is 10.1. The van der Waals surface area contributed by atoms with Gasteiger partial charge in [-0.15, -0.1) is 6.58 Å². The van der Waals surface area contributed by atoms with Crippen LogP contribution in [0.5, 0.6) is 0 Å². The molecule has 0 fully saturated rings. The standard InChI is InChI=1S/C16H16N2O5/c1-2-3-8-12(16(22)23)17-13(19)9-18-14(20)10-6-4-5-7-11(10)15(18)21/h2,4-7,12H,1,3,8-9H2,(H,17,19)(H,22,23). The molecular formula is C16H16N2O5. The van der Waals surface area contributed by atoms with Crippen LogP contribution in [0.1, 0.15) is 33.6 Å². The van der Waals surface area contributed by atoms with E-state index in [-0.39, 0.29) is 17.5 Å². The SMILES string of the molecule is C=CCCC(NC(=O)CN1C(=O)c2ccccc2C1=O)C(=O)O. The van der Waals surface area contributed by atoms with E-state index in [2.05, 4.69) is 11.9 Å². The van der Waals surface area contributed by atoms with Crippen molar-refractivity contribution in [3.8, 4) is 0 Å². The van der Waals surface area contributed by atoms with E-state index >= 15 is 0 Å². The zero-order valence-corrected chi connectivity index (χ0v) is 12.3. The van der Waals surface area contributed by atoms with Gasteiger partial charge < -0.3 is 10.4 Å². The number of hydrogen-bond acceptors (Lipinski definition) is 4. The summed E-state index contributed by atoms with van der Waals surface area (Å²) in [4.78, 5) is 48.1. The number of carboxylic acids is 1. The first kappa shape index (κ1) is 16.4. The Balaban J connectivity index is 2.04.